The van der Waals surface area contributed by atoms with Crippen LogP contribution in [0.5, 0.6) is 0 Å². The van der Waals surface area contributed by atoms with E-state index < -0.39 is 0 Å². The Morgan fingerprint density at radius 2 is 2.08 bits per heavy atom. The third-order valence-electron chi connectivity index (χ3n) is 5.64. The average Bonchev–Trinajstić information content (AvgIpc) is 3.15. The van der Waals surface area contributed by atoms with Crippen molar-refractivity contribution in [3.8, 4) is 0 Å². The van der Waals surface area contributed by atoms with Crippen molar-refractivity contribution in [2.75, 3.05) is 0 Å². The maximum atomic E-state index is 4.67. The van der Waals surface area contributed by atoms with Gasteiger partial charge in [-0.2, -0.15) is 10.2 Å². The van der Waals surface area contributed by atoms with Gasteiger partial charge in [0, 0.05) is 61.7 Å². The van der Waals surface area contributed by atoms with Crippen LogP contribution < -0.4 is 0 Å². The van der Waals surface area contributed by atoms with Gasteiger partial charge in [-0.15, -0.1) is 0 Å². The van der Waals surface area contributed by atoms with Gasteiger partial charge in [-0.25, -0.2) is 9.50 Å². The van der Waals surface area contributed by atoms with Crippen molar-refractivity contribution in [2.45, 2.75) is 51.7 Å². The van der Waals surface area contributed by atoms with Gasteiger partial charge in [0.1, 0.15) is 0 Å². The van der Waals surface area contributed by atoms with Crippen LogP contribution in [0.25, 0.3) is 5.65 Å². The molecule has 1 fully saturated rings. The number of fused-ring (bicyclic) bond motifs is 6. The van der Waals surface area contributed by atoms with E-state index in [1.54, 1.807) is 0 Å². The van der Waals surface area contributed by atoms with Crippen LogP contribution in [0.3, 0.4) is 0 Å². The summed E-state index contributed by atoms with van der Waals surface area (Å²) in [6.07, 6.45) is 7.76. The predicted molar refractivity (Wildman–Crippen MR) is 90.7 cm³/mol. The summed E-state index contributed by atoms with van der Waals surface area (Å²) in [5.74, 6) is 0. The molecule has 1 saturated heterocycles. The molecule has 3 aromatic heterocycles. The van der Waals surface area contributed by atoms with Gasteiger partial charge >= 0.3 is 0 Å². The third-order valence-corrected chi connectivity index (χ3v) is 5.64. The zero-order chi connectivity index (χ0) is 16.4. The lowest BCUT2D eigenvalue weighted by Gasteiger charge is -2.36. The first-order valence-corrected chi connectivity index (χ1v) is 8.69. The van der Waals surface area contributed by atoms with Crippen molar-refractivity contribution in [1.82, 2.24) is 29.3 Å². The number of aromatic nitrogens is 5. The normalized spacial score (nSPS) is 23.1. The molecule has 6 heteroatoms. The average molecular weight is 322 g/mol. The summed E-state index contributed by atoms with van der Waals surface area (Å²) in [6.45, 7) is 5.12. The molecule has 0 spiro atoms. The van der Waals surface area contributed by atoms with E-state index in [2.05, 4.69) is 50.0 Å². The molecular weight excluding hydrogens is 300 g/mol. The first kappa shape index (κ1) is 14.2. The monoisotopic (exact) mass is 322 g/mol. The van der Waals surface area contributed by atoms with E-state index in [0.29, 0.717) is 12.1 Å². The molecule has 5 rings (SSSR count). The molecule has 0 saturated carbocycles. The number of rotatable bonds is 2. The highest BCUT2D eigenvalue weighted by Crippen LogP contribution is 2.44. The summed E-state index contributed by atoms with van der Waals surface area (Å²) in [6, 6.07) is 3.12. The molecule has 3 aromatic rings. The summed E-state index contributed by atoms with van der Waals surface area (Å²) < 4.78 is 3.99. The highest BCUT2D eigenvalue weighted by atomic mass is 15.3. The predicted octanol–water partition coefficient (Wildman–Crippen LogP) is 2.34. The Balaban J connectivity index is 1.55. The quantitative estimate of drug-likeness (QED) is 0.727. The van der Waals surface area contributed by atoms with Gasteiger partial charge in [0.25, 0.3) is 0 Å². The van der Waals surface area contributed by atoms with Crippen LogP contribution in [-0.2, 0) is 20.0 Å². The van der Waals surface area contributed by atoms with Crippen LogP contribution in [-0.4, -0.2) is 35.3 Å². The van der Waals surface area contributed by atoms with Crippen LogP contribution in [0.4, 0.5) is 0 Å². The van der Waals surface area contributed by atoms with Gasteiger partial charge in [0.2, 0.25) is 0 Å². The lowest BCUT2D eigenvalue weighted by molar-refractivity contribution is 0.165. The van der Waals surface area contributed by atoms with Crippen molar-refractivity contribution in [2.24, 2.45) is 7.05 Å². The first-order valence-electron chi connectivity index (χ1n) is 8.69. The summed E-state index contributed by atoms with van der Waals surface area (Å²) in [7, 11) is 2.00. The van der Waals surface area contributed by atoms with Crippen molar-refractivity contribution >= 4 is 5.65 Å². The molecule has 2 atom stereocenters. The third kappa shape index (κ3) is 1.95. The Kier molecular flexibility index (Phi) is 2.89. The Bertz CT molecular complexity index is 937. The number of aryl methyl sites for hydroxylation is 3. The molecular formula is C18H22N6. The Labute approximate surface area is 141 Å². The fourth-order valence-electron chi connectivity index (χ4n) is 4.54. The van der Waals surface area contributed by atoms with Gasteiger partial charge in [-0.05, 0) is 26.7 Å². The molecule has 0 N–H and O–H groups in total. The van der Waals surface area contributed by atoms with Crippen LogP contribution >= 0.6 is 0 Å². The summed E-state index contributed by atoms with van der Waals surface area (Å²) in [5, 5.41) is 9.17. The molecule has 0 radical (unpaired) electrons. The minimum Gasteiger partial charge on any atom is -0.288 e. The lowest BCUT2D eigenvalue weighted by atomic mass is 9.98. The van der Waals surface area contributed by atoms with Crippen molar-refractivity contribution < 1.29 is 0 Å². The largest absolute Gasteiger partial charge is 0.288 e. The maximum Gasteiger partial charge on any atom is 0.155 e. The smallest absolute Gasteiger partial charge is 0.155 e. The van der Waals surface area contributed by atoms with E-state index in [4.69, 9.17) is 0 Å². The van der Waals surface area contributed by atoms with Gasteiger partial charge < -0.3 is 0 Å². The second-order valence-corrected chi connectivity index (χ2v) is 7.25. The van der Waals surface area contributed by atoms with E-state index in [0.717, 1.165) is 30.0 Å². The molecule has 0 unspecified atom stereocenters. The topological polar surface area (TPSA) is 51.2 Å². The van der Waals surface area contributed by atoms with Gasteiger partial charge in [0.15, 0.2) is 5.65 Å². The zero-order valence-electron chi connectivity index (χ0n) is 14.4. The minimum absolute atomic E-state index is 0.458. The fraction of sp³-hybridized carbons (Fsp3) is 0.500. The zero-order valence-corrected chi connectivity index (χ0v) is 14.4. The second kappa shape index (κ2) is 4.89. The van der Waals surface area contributed by atoms with E-state index in [-0.39, 0.29) is 0 Å². The Morgan fingerprint density at radius 1 is 1.21 bits per heavy atom. The highest BCUT2D eigenvalue weighted by Gasteiger charge is 2.41. The summed E-state index contributed by atoms with van der Waals surface area (Å²) in [5.41, 5.74) is 7.21. The molecule has 5 heterocycles. The highest BCUT2D eigenvalue weighted by molar-refractivity contribution is 5.44. The van der Waals surface area contributed by atoms with Crippen LogP contribution in [0, 0.1) is 13.8 Å². The van der Waals surface area contributed by atoms with E-state index in [1.807, 2.05) is 18.7 Å². The molecule has 6 nitrogen and oxygen atoms in total. The molecule has 24 heavy (non-hydrogen) atoms. The number of hydrogen-bond donors (Lipinski definition) is 0. The Hall–Kier alpha value is -2.21. The van der Waals surface area contributed by atoms with Crippen LogP contribution in [0.2, 0.25) is 0 Å². The van der Waals surface area contributed by atoms with Gasteiger partial charge in [-0.3, -0.25) is 9.58 Å². The van der Waals surface area contributed by atoms with Gasteiger partial charge in [0.05, 0.1) is 17.1 Å². The number of nitrogens with zero attached hydrogens (tertiary/aromatic N) is 6. The standard InChI is InChI=1S/C18H22N6/c1-11-6-18-19-8-15-16-5-4-14(7-17(15)24(18)20-11)23(16)10-13-9-22(3)21-12(13)2/h6,8-9,14,16H,4-5,7,10H2,1-3H3/t14-,16-/m1/s1. The number of hydrogen-bond acceptors (Lipinski definition) is 4. The van der Waals surface area contributed by atoms with Crippen molar-refractivity contribution in [3.05, 3.63) is 46.7 Å². The molecule has 2 aliphatic heterocycles. The van der Waals surface area contributed by atoms with Gasteiger partial charge in [-0.1, -0.05) is 0 Å². The van der Waals surface area contributed by atoms with E-state index in [1.165, 1.54) is 29.7 Å². The molecule has 124 valence electrons. The van der Waals surface area contributed by atoms with Crippen molar-refractivity contribution in [3.63, 3.8) is 0 Å². The first-order chi connectivity index (χ1) is 11.6. The Morgan fingerprint density at radius 3 is 2.88 bits per heavy atom. The second-order valence-electron chi connectivity index (χ2n) is 7.25. The fourth-order valence-corrected chi connectivity index (χ4v) is 4.54. The summed E-state index contributed by atoms with van der Waals surface area (Å²) in [4.78, 5) is 7.30. The molecule has 0 aliphatic carbocycles. The molecule has 2 aliphatic rings. The lowest BCUT2D eigenvalue weighted by Crippen LogP contribution is -2.38. The molecule has 0 aromatic carbocycles. The van der Waals surface area contributed by atoms with Crippen molar-refractivity contribution in [1.29, 1.82) is 0 Å². The van der Waals surface area contributed by atoms with Crippen LogP contribution in [0.15, 0.2) is 18.5 Å². The minimum atomic E-state index is 0.458. The van der Waals surface area contributed by atoms with E-state index >= 15 is 0 Å². The maximum absolute atomic E-state index is 4.67. The summed E-state index contributed by atoms with van der Waals surface area (Å²) >= 11 is 0. The molecule has 2 bridgehead atoms. The molecule has 0 amide bonds. The van der Waals surface area contributed by atoms with Crippen LogP contribution in [0.1, 0.15) is 47.1 Å². The van der Waals surface area contributed by atoms with E-state index in [9.17, 15) is 0 Å². The SMILES string of the molecule is Cc1cc2ncc3c(n2n1)C[C@H]1CC[C@H]3N1Cc1cn(C)nc1C.